The summed E-state index contributed by atoms with van der Waals surface area (Å²) in [6.07, 6.45) is 0. The Labute approximate surface area is 172 Å². The highest BCUT2D eigenvalue weighted by atomic mass is 35.5. The van der Waals surface area contributed by atoms with E-state index < -0.39 is 10.0 Å². The van der Waals surface area contributed by atoms with Crippen molar-refractivity contribution in [3.8, 4) is 0 Å². The van der Waals surface area contributed by atoms with Gasteiger partial charge in [0.15, 0.2) is 0 Å². The van der Waals surface area contributed by atoms with Gasteiger partial charge in [-0.15, -0.1) is 12.4 Å². The second-order valence-electron chi connectivity index (χ2n) is 6.51. The highest BCUT2D eigenvalue weighted by molar-refractivity contribution is 7.89. The van der Waals surface area contributed by atoms with Crippen molar-refractivity contribution in [3.63, 3.8) is 0 Å². The molecular formula is C20H26ClN3O3S. The van der Waals surface area contributed by atoms with Gasteiger partial charge in [0, 0.05) is 38.3 Å². The van der Waals surface area contributed by atoms with Gasteiger partial charge in [0.05, 0.1) is 4.90 Å². The third kappa shape index (κ3) is 4.72. The quantitative estimate of drug-likeness (QED) is 0.717. The molecule has 0 saturated carbocycles. The number of halogens is 1. The minimum absolute atomic E-state index is 0. The lowest BCUT2D eigenvalue weighted by Gasteiger charge is -2.18. The van der Waals surface area contributed by atoms with E-state index >= 15 is 0 Å². The number of amides is 1. The summed E-state index contributed by atoms with van der Waals surface area (Å²) < 4.78 is 26.7. The number of rotatable bonds is 7. The van der Waals surface area contributed by atoms with Crippen LogP contribution in [-0.2, 0) is 29.7 Å². The maximum absolute atomic E-state index is 12.6. The van der Waals surface area contributed by atoms with Gasteiger partial charge in [0.2, 0.25) is 10.0 Å². The molecule has 1 heterocycles. The summed E-state index contributed by atoms with van der Waals surface area (Å²) in [6, 6.07) is 12.4. The summed E-state index contributed by atoms with van der Waals surface area (Å²) in [5.41, 5.74) is 3.91. The highest BCUT2D eigenvalue weighted by Gasteiger charge is 2.22. The Morgan fingerprint density at radius 2 is 1.79 bits per heavy atom. The molecule has 0 aliphatic carbocycles. The Morgan fingerprint density at radius 3 is 2.50 bits per heavy atom. The summed E-state index contributed by atoms with van der Waals surface area (Å²) in [4.78, 5) is 12.6. The third-order valence-electron chi connectivity index (χ3n) is 4.79. The molecule has 0 aromatic heterocycles. The summed E-state index contributed by atoms with van der Waals surface area (Å²) in [6.45, 7) is 6.51. The predicted octanol–water partition coefficient (Wildman–Crippen LogP) is 2.67. The minimum atomic E-state index is -3.58. The molecule has 8 heteroatoms. The van der Waals surface area contributed by atoms with Crippen molar-refractivity contribution in [2.75, 3.05) is 13.1 Å². The van der Waals surface area contributed by atoms with Crippen molar-refractivity contribution in [2.45, 2.75) is 38.4 Å². The highest BCUT2D eigenvalue weighted by Crippen LogP contribution is 2.18. The Kier molecular flexibility index (Phi) is 7.60. The first-order chi connectivity index (χ1) is 13.0. The van der Waals surface area contributed by atoms with E-state index in [9.17, 15) is 13.2 Å². The van der Waals surface area contributed by atoms with Gasteiger partial charge in [0.1, 0.15) is 0 Å². The van der Waals surface area contributed by atoms with Gasteiger partial charge in [-0.25, -0.2) is 8.42 Å². The molecule has 152 valence electrons. The summed E-state index contributed by atoms with van der Waals surface area (Å²) in [5.74, 6) is -0.287. The van der Waals surface area contributed by atoms with Crippen molar-refractivity contribution >= 4 is 28.3 Å². The van der Waals surface area contributed by atoms with Gasteiger partial charge in [0.25, 0.3) is 5.91 Å². The maximum Gasteiger partial charge on any atom is 0.251 e. The van der Waals surface area contributed by atoms with Crippen LogP contribution in [0.4, 0.5) is 0 Å². The fraction of sp³-hybridized carbons (Fsp3) is 0.350. The van der Waals surface area contributed by atoms with Crippen LogP contribution in [0, 0.1) is 0 Å². The standard InChI is InChI=1S/C20H25N3O3S.ClH/c1-3-23(4-2)27(25,26)19-7-5-6-16(11-19)20(24)22-12-15-8-9-17-13-21-14-18(17)10-15;/h5-11,21H,3-4,12-14H2,1-2H3,(H,22,24);1H. The van der Waals surface area contributed by atoms with Gasteiger partial charge >= 0.3 is 0 Å². The van der Waals surface area contributed by atoms with Gasteiger partial charge in [-0.3, -0.25) is 4.79 Å². The molecule has 0 spiro atoms. The van der Waals surface area contributed by atoms with Crippen molar-refractivity contribution in [1.82, 2.24) is 14.9 Å². The molecule has 6 nitrogen and oxygen atoms in total. The zero-order valence-corrected chi connectivity index (χ0v) is 17.7. The van der Waals surface area contributed by atoms with E-state index in [4.69, 9.17) is 0 Å². The van der Waals surface area contributed by atoms with Crippen LogP contribution in [0.3, 0.4) is 0 Å². The molecule has 0 bridgehead atoms. The number of benzene rings is 2. The fourth-order valence-corrected chi connectivity index (χ4v) is 4.76. The first-order valence-corrected chi connectivity index (χ1v) is 10.6. The molecule has 0 unspecified atom stereocenters. The van der Waals surface area contributed by atoms with Crippen LogP contribution in [0.1, 0.15) is 40.9 Å². The van der Waals surface area contributed by atoms with E-state index in [-0.39, 0.29) is 23.2 Å². The lowest BCUT2D eigenvalue weighted by Crippen LogP contribution is -2.31. The molecular weight excluding hydrogens is 398 g/mol. The molecule has 0 fully saturated rings. The number of nitrogens with zero attached hydrogens (tertiary/aromatic N) is 1. The van der Waals surface area contributed by atoms with Crippen LogP contribution in [-0.4, -0.2) is 31.7 Å². The zero-order chi connectivity index (χ0) is 19.4. The van der Waals surface area contributed by atoms with Crippen molar-refractivity contribution in [1.29, 1.82) is 0 Å². The third-order valence-corrected chi connectivity index (χ3v) is 6.84. The molecule has 0 atom stereocenters. The average molecular weight is 424 g/mol. The van der Waals surface area contributed by atoms with Crippen molar-refractivity contribution in [3.05, 3.63) is 64.7 Å². The van der Waals surface area contributed by atoms with Crippen LogP contribution >= 0.6 is 12.4 Å². The summed E-state index contributed by atoms with van der Waals surface area (Å²) >= 11 is 0. The summed E-state index contributed by atoms with van der Waals surface area (Å²) in [5, 5.41) is 6.17. The molecule has 0 saturated heterocycles. The topological polar surface area (TPSA) is 78.5 Å². The van der Waals surface area contributed by atoms with Crippen LogP contribution in [0.2, 0.25) is 0 Å². The van der Waals surface area contributed by atoms with E-state index in [1.165, 1.54) is 27.6 Å². The smallest absolute Gasteiger partial charge is 0.251 e. The van der Waals surface area contributed by atoms with Crippen molar-refractivity contribution in [2.24, 2.45) is 0 Å². The molecule has 1 aliphatic heterocycles. The monoisotopic (exact) mass is 423 g/mol. The lowest BCUT2D eigenvalue weighted by atomic mass is 10.1. The molecule has 2 aromatic rings. The molecule has 3 rings (SSSR count). The average Bonchev–Trinajstić information content (AvgIpc) is 3.14. The number of sulfonamides is 1. The Balaban J connectivity index is 0.00000280. The number of carbonyl (C=O) groups excluding carboxylic acids is 1. The number of hydrogen-bond acceptors (Lipinski definition) is 4. The zero-order valence-electron chi connectivity index (χ0n) is 16.1. The van der Waals surface area contributed by atoms with E-state index in [0.717, 1.165) is 18.7 Å². The molecule has 0 radical (unpaired) electrons. The second kappa shape index (κ2) is 9.52. The lowest BCUT2D eigenvalue weighted by molar-refractivity contribution is 0.0950. The molecule has 2 N–H and O–H groups in total. The fourth-order valence-electron chi connectivity index (χ4n) is 3.25. The number of hydrogen-bond donors (Lipinski definition) is 2. The Hall–Kier alpha value is -1.93. The SMILES string of the molecule is CCN(CC)S(=O)(=O)c1cccc(C(=O)NCc2ccc3c(c2)CNC3)c1.Cl. The van der Waals surface area contributed by atoms with Gasteiger partial charge in [-0.05, 0) is 34.9 Å². The molecule has 1 amide bonds. The van der Waals surface area contributed by atoms with Gasteiger partial charge in [-0.2, -0.15) is 4.31 Å². The Morgan fingerprint density at radius 1 is 1.07 bits per heavy atom. The molecule has 2 aromatic carbocycles. The largest absolute Gasteiger partial charge is 0.348 e. The van der Waals surface area contributed by atoms with Crippen molar-refractivity contribution < 1.29 is 13.2 Å². The Bertz CT molecular complexity index is 943. The normalized spacial score (nSPS) is 13.1. The number of fused-ring (bicyclic) bond motifs is 1. The minimum Gasteiger partial charge on any atom is -0.348 e. The first-order valence-electron chi connectivity index (χ1n) is 9.15. The number of carbonyl (C=O) groups is 1. The van der Waals surface area contributed by atoms with Crippen LogP contribution in [0.25, 0.3) is 0 Å². The van der Waals surface area contributed by atoms with E-state index in [0.29, 0.717) is 25.2 Å². The van der Waals surface area contributed by atoms with Crippen LogP contribution in [0.5, 0.6) is 0 Å². The van der Waals surface area contributed by atoms with E-state index in [2.05, 4.69) is 22.8 Å². The summed E-state index contributed by atoms with van der Waals surface area (Å²) in [7, 11) is -3.58. The molecule has 1 aliphatic rings. The van der Waals surface area contributed by atoms with Gasteiger partial charge < -0.3 is 10.6 Å². The first kappa shape index (κ1) is 22.4. The molecule has 28 heavy (non-hydrogen) atoms. The predicted molar refractivity (Wildman–Crippen MR) is 112 cm³/mol. The van der Waals surface area contributed by atoms with Crippen LogP contribution in [0.15, 0.2) is 47.4 Å². The van der Waals surface area contributed by atoms with Crippen LogP contribution < -0.4 is 10.6 Å². The number of nitrogens with one attached hydrogen (secondary N) is 2. The van der Waals surface area contributed by atoms with Gasteiger partial charge in [-0.1, -0.05) is 38.1 Å². The maximum atomic E-state index is 12.6. The van der Waals surface area contributed by atoms with E-state index in [1.807, 2.05) is 6.07 Å². The van der Waals surface area contributed by atoms with E-state index in [1.54, 1.807) is 26.0 Å². The second-order valence-corrected chi connectivity index (χ2v) is 8.44.